The molecule has 0 radical (unpaired) electrons. The third-order valence-corrected chi connectivity index (χ3v) is 3.47. The summed E-state index contributed by atoms with van der Waals surface area (Å²) >= 11 is 0. The molecule has 25 heavy (non-hydrogen) atoms. The Kier molecular flexibility index (Phi) is 5.73. The zero-order valence-corrected chi connectivity index (χ0v) is 14.2. The largest absolute Gasteiger partial charge is 0.504 e. The van der Waals surface area contributed by atoms with E-state index in [1.54, 1.807) is 24.3 Å². The van der Waals surface area contributed by atoms with Crippen LogP contribution in [0.2, 0.25) is 0 Å². The summed E-state index contributed by atoms with van der Waals surface area (Å²) < 4.78 is 4.98. The summed E-state index contributed by atoms with van der Waals surface area (Å²) in [7, 11) is 1.43. The van der Waals surface area contributed by atoms with Crippen molar-refractivity contribution in [1.82, 2.24) is 5.43 Å². The predicted octanol–water partition coefficient (Wildman–Crippen LogP) is 2.11. The van der Waals surface area contributed by atoms with Crippen molar-refractivity contribution in [3.8, 4) is 11.5 Å². The molecule has 2 rings (SSSR count). The second-order valence-corrected chi connectivity index (χ2v) is 5.37. The second kappa shape index (κ2) is 7.96. The highest BCUT2D eigenvalue weighted by Gasteiger charge is 2.14. The molecule has 0 unspecified atom stereocenters. The highest BCUT2D eigenvalue weighted by molar-refractivity contribution is 6.39. The van der Waals surface area contributed by atoms with Crippen LogP contribution in [0.15, 0.2) is 41.5 Å². The lowest BCUT2D eigenvalue weighted by Crippen LogP contribution is -2.32. The van der Waals surface area contributed by atoms with Crippen LogP contribution < -0.4 is 15.5 Å². The second-order valence-electron chi connectivity index (χ2n) is 5.37. The number of benzene rings is 2. The van der Waals surface area contributed by atoms with Gasteiger partial charge in [-0.05, 0) is 43.2 Å². The van der Waals surface area contributed by atoms with Gasteiger partial charge in [0.15, 0.2) is 11.5 Å². The number of ether oxygens (including phenoxy) is 1. The van der Waals surface area contributed by atoms with Crippen molar-refractivity contribution in [3.63, 3.8) is 0 Å². The van der Waals surface area contributed by atoms with Crippen LogP contribution in [0, 0.1) is 13.8 Å². The predicted molar refractivity (Wildman–Crippen MR) is 94.9 cm³/mol. The van der Waals surface area contributed by atoms with Crippen LogP contribution in [0.25, 0.3) is 0 Å². The van der Waals surface area contributed by atoms with Crippen LogP contribution in [0.1, 0.15) is 16.7 Å². The number of nitrogens with one attached hydrogen (secondary N) is 2. The number of hydrogen-bond donors (Lipinski definition) is 3. The molecule has 0 saturated heterocycles. The fourth-order valence-corrected chi connectivity index (χ4v) is 2.07. The molecular weight excluding hydrogens is 322 g/mol. The molecule has 0 bridgehead atoms. The molecule has 0 saturated carbocycles. The smallest absolute Gasteiger partial charge is 0.329 e. The number of amides is 2. The van der Waals surface area contributed by atoms with E-state index in [-0.39, 0.29) is 11.5 Å². The van der Waals surface area contributed by atoms with Crippen molar-refractivity contribution < 1.29 is 19.4 Å². The highest BCUT2D eigenvalue weighted by atomic mass is 16.5. The van der Waals surface area contributed by atoms with E-state index in [2.05, 4.69) is 15.8 Å². The molecule has 7 heteroatoms. The topological polar surface area (TPSA) is 100 Å². The Labute approximate surface area is 145 Å². The summed E-state index contributed by atoms with van der Waals surface area (Å²) in [6, 6.07) is 10.4. The summed E-state index contributed by atoms with van der Waals surface area (Å²) in [6.45, 7) is 3.72. The van der Waals surface area contributed by atoms with Gasteiger partial charge < -0.3 is 15.2 Å². The first-order valence-corrected chi connectivity index (χ1v) is 7.50. The van der Waals surface area contributed by atoms with Crippen LogP contribution in [0.5, 0.6) is 11.5 Å². The molecule has 0 aliphatic carbocycles. The number of methoxy groups -OCH3 is 1. The molecule has 0 heterocycles. The van der Waals surface area contributed by atoms with Crippen molar-refractivity contribution in [1.29, 1.82) is 0 Å². The molecule has 0 aliphatic rings. The van der Waals surface area contributed by atoms with Crippen molar-refractivity contribution in [2.75, 3.05) is 12.4 Å². The monoisotopic (exact) mass is 341 g/mol. The van der Waals surface area contributed by atoms with Crippen molar-refractivity contribution in [2.24, 2.45) is 5.10 Å². The van der Waals surface area contributed by atoms with E-state index in [9.17, 15) is 14.7 Å². The Bertz CT molecular complexity index is 831. The van der Waals surface area contributed by atoms with Gasteiger partial charge in [-0.2, -0.15) is 5.10 Å². The molecule has 2 aromatic rings. The fraction of sp³-hybridized carbons (Fsp3) is 0.167. The number of para-hydroxylation sites is 1. The number of carbonyl (C=O) groups excluding carboxylic acids is 2. The Morgan fingerprint density at radius 3 is 2.64 bits per heavy atom. The lowest BCUT2D eigenvalue weighted by Gasteiger charge is -2.08. The van der Waals surface area contributed by atoms with Gasteiger partial charge >= 0.3 is 11.8 Å². The number of nitrogens with zero attached hydrogens (tertiary/aromatic N) is 1. The average Bonchev–Trinajstić information content (AvgIpc) is 2.59. The molecular formula is C18H19N3O4. The highest BCUT2D eigenvalue weighted by Crippen LogP contribution is 2.27. The summed E-state index contributed by atoms with van der Waals surface area (Å²) in [5.41, 5.74) is 4.83. The van der Waals surface area contributed by atoms with Crippen LogP contribution in [-0.4, -0.2) is 30.2 Å². The molecule has 0 spiro atoms. The third kappa shape index (κ3) is 4.57. The van der Waals surface area contributed by atoms with E-state index in [0.29, 0.717) is 11.3 Å². The lowest BCUT2D eigenvalue weighted by atomic mass is 10.1. The van der Waals surface area contributed by atoms with E-state index in [1.165, 1.54) is 13.3 Å². The van der Waals surface area contributed by atoms with Gasteiger partial charge in [-0.3, -0.25) is 9.59 Å². The van der Waals surface area contributed by atoms with E-state index in [0.717, 1.165) is 11.1 Å². The zero-order chi connectivity index (χ0) is 18.4. The number of aromatic hydroxyl groups is 1. The van der Waals surface area contributed by atoms with E-state index in [4.69, 9.17) is 4.74 Å². The number of aryl methyl sites for hydroxylation is 2. The number of phenolic OH excluding ortho intramolecular Hbond substituents is 1. The van der Waals surface area contributed by atoms with Gasteiger partial charge in [-0.25, -0.2) is 5.43 Å². The Morgan fingerprint density at radius 2 is 1.92 bits per heavy atom. The normalized spacial score (nSPS) is 10.5. The van der Waals surface area contributed by atoms with Crippen LogP contribution >= 0.6 is 0 Å². The maximum Gasteiger partial charge on any atom is 0.329 e. The molecule has 2 aromatic carbocycles. The Balaban J connectivity index is 2.00. The first-order chi connectivity index (χ1) is 11.9. The Hall–Kier alpha value is -3.35. The Morgan fingerprint density at radius 1 is 1.16 bits per heavy atom. The van der Waals surface area contributed by atoms with E-state index >= 15 is 0 Å². The number of rotatable bonds is 4. The molecule has 0 atom stereocenters. The van der Waals surface area contributed by atoms with Crippen LogP contribution in [-0.2, 0) is 9.59 Å². The summed E-state index contributed by atoms with van der Waals surface area (Å²) in [6.07, 6.45) is 1.22. The third-order valence-electron chi connectivity index (χ3n) is 3.47. The summed E-state index contributed by atoms with van der Waals surface area (Å²) in [5.74, 6) is -1.58. The minimum atomic E-state index is -0.917. The van der Waals surface area contributed by atoms with Gasteiger partial charge in [-0.1, -0.05) is 18.2 Å². The molecule has 0 aromatic heterocycles. The van der Waals surface area contributed by atoms with Crippen LogP contribution in [0.4, 0.5) is 5.69 Å². The molecule has 3 N–H and O–H groups in total. The molecule has 0 aliphatic heterocycles. The minimum Gasteiger partial charge on any atom is -0.504 e. The number of anilines is 1. The molecule has 0 fully saturated rings. The number of hydrogen-bond acceptors (Lipinski definition) is 5. The first-order valence-electron chi connectivity index (χ1n) is 7.50. The van der Waals surface area contributed by atoms with Gasteiger partial charge in [0.1, 0.15) is 0 Å². The fourth-order valence-electron chi connectivity index (χ4n) is 2.07. The molecule has 7 nitrogen and oxygen atoms in total. The van der Waals surface area contributed by atoms with Gasteiger partial charge in [0, 0.05) is 11.3 Å². The summed E-state index contributed by atoms with van der Waals surface area (Å²) in [4.78, 5) is 23.7. The van der Waals surface area contributed by atoms with Gasteiger partial charge in [0.25, 0.3) is 0 Å². The standard InChI is InChI=1S/C18H19N3O4/c1-11-7-8-12(2)14(9-11)20-17(23)18(24)21-19-10-13-5-4-6-15(25-3)16(13)22/h4-10,22H,1-3H3,(H,20,23)(H,21,24)/b19-10+. The average molecular weight is 341 g/mol. The van der Waals surface area contributed by atoms with Crippen molar-refractivity contribution in [2.45, 2.75) is 13.8 Å². The van der Waals surface area contributed by atoms with Crippen molar-refractivity contribution >= 4 is 23.7 Å². The van der Waals surface area contributed by atoms with Gasteiger partial charge in [0.05, 0.1) is 13.3 Å². The summed E-state index contributed by atoms with van der Waals surface area (Å²) in [5, 5.41) is 16.1. The molecule has 130 valence electrons. The minimum absolute atomic E-state index is 0.108. The SMILES string of the molecule is COc1cccc(/C=N/NC(=O)C(=O)Nc2cc(C)ccc2C)c1O. The lowest BCUT2D eigenvalue weighted by molar-refractivity contribution is -0.136. The maximum atomic E-state index is 11.9. The number of carbonyl (C=O) groups is 2. The van der Waals surface area contributed by atoms with Crippen LogP contribution in [0.3, 0.4) is 0 Å². The number of phenols is 1. The zero-order valence-electron chi connectivity index (χ0n) is 14.2. The van der Waals surface area contributed by atoms with E-state index in [1.807, 2.05) is 26.0 Å². The van der Waals surface area contributed by atoms with Gasteiger partial charge in [0.2, 0.25) is 0 Å². The molecule has 2 amide bonds. The van der Waals surface area contributed by atoms with Crippen molar-refractivity contribution in [3.05, 3.63) is 53.1 Å². The first kappa shape index (κ1) is 18.0. The van der Waals surface area contributed by atoms with E-state index < -0.39 is 11.8 Å². The number of hydrazone groups is 1. The maximum absolute atomic E-state index is 11.9. The quantitative estimate of drug-likeness (QED) is 0.450. The van der Waals surface area contributed by atoms with Gasteiger partial charge in [-0.15, -0.1) is 0 Å².